The van der Waals surface area contributed by atoms with Crippen LogP contribution in [-0.4, -0.2) is 25.7 Å². The van der Waals surface area contributed by atoms with Crippen molar-refractivity contribution in [1.29, 1.82) is 0 Å². The van der Waals surface area contributed by atoms with Crippen molar-refractivity contribution in [3.63, 3.8) is 0 Å². The second-order valence-electron chi connectivity index (χ2n) is 5.76. The van der Waals surface area contributed by atoms with Crippen LogP contribution in [0.15, 0.2) is 93.5 Å². The lowest BCUT2D eigenvalue weighted by atomic mass is 10.1. The number of hydrogen-bond acceptors (Lipinski definition) is 3. The first-order valence-electron chi connectivity index (χ1n) is 8.02. The minimum absolute atomic E-state index is 0.0440. The van der Waals surface area contributed by atoms with E-state index < -0.39 is 15.8 Å². The Morgan fingerprint density at radius 3 is 1.87 bits per heavy atom. The third-order valence-corrected chi connectivity index (χ3v) is 7.23. The van der Waals surface area contributed by atoms with Crippen molar-refractivity contribution >= 4 is 89.7 Å². The normalized spacial score (nSPS) is 15.7. The van der Waals surface area contributed by atoms with Crippen LogP contribution in [0, 0.1) is 0 Å². The quantitative estimate of drug-likeness (QED) is 0.260. The molecule has 5 nitrogen and oxygen atoms in total. The number of carbonyl (C=O) groups is 1. The average Bonchev–Trinajstić information content (AvgIpc) is 2.74. The Bertz CT molecular complexity index is 1220. The molecule has 0 atom stereocenters. The maximum absolute atomic E-state index is 12.8. The van der Waals surface area contributed by atoms with Gasteiger partial charge in [-0.25, -0.2) is 4.99 Å². The number of nitrogens with zero attached hydrogens (tertiary/aromatic N) is 2. The van der Waals surface area contributed by atoms with Gasteiger partial charge in [-0.2, -0.15) is 8.42 Å². The van der Waals surface area contributed by atoms with E-state index in [1.165, 1.54) is 12.1 Å². The summed E-state index contributed by atoms with van der Waals surface area (Å²) >= 11 is 27.4. The molecule has 1 aliphatic carbocycles. The fraction of sp³-hybridized carbons (Fsp3) is 0. The molecule has 1 aliphatic rings. The Labute approximate surface area is 200 Å². The molecule has 0 aromatic heterocycles. The van der Waals surface area contributed by atoms with E-state index >= 15 is 0 Å². The third-order valence-electron chi connectivity index (χ3n) is 3.77. The first-order chi connectivity index (χ1) is 14.1. The number of rotatable bonds is 3. The molecule has 0 aliphatic heterocycles. The lowest BCUT2D eigenvalue weighted by molar-refractivity contribution is -0.111. The Balaban J connectivity index is 2.23. The van der Waals surface area contributed by atoms with Crippen molar-refractivity contribution in [2.75, 3.05) is 0 Å². The topological polar surface area (TPSA) is 75.9 Å². The van der Waals surface area contributed by atoms with Gasteiger partial charge >= 0.3 is 0 Å². The van der Waals surface area contributed by atoms with Crippen LogP contribution in [0.3, 0.4) is 0 Å². The van der Waals surface area contributed by atoms with E-state index in [1.807, 2.05) is 0 Å². The molecule has 0 saturated heterocycles. The Morgan fingerprint density at radius 1 is 0.800 bits per heavy atom. The number of carbonyl (C=O) groups excluding carboxylic acids is 1. The molecule has 30 heavy (non-hydrogen) atoms. The molecule has 11 heteroatoms. The van der Waals surface area contributed by atoms with Crippen LogP contribution >= 0.6 is 62.3 Å². The van der Waals surface area contributed by atoms with Gasteiger partial charge in [0.2, 0.25) is 5.78 Å². The van der Waals surface area contributed by atoms with Gasteiger partial charge in [-0.05, 0) is 24.3 Å². The van der Waals surface area contributed by atoms with Crippen molar-refractivity contribution in [3.8, 4) is 0 Å². The molecule has 0 amide bonds. The van der Waals surface area contributed by atoms with Gasteiger partial charge < -0.3 is 0 Å². The smallest absolute Gasteiger partial charge is 0.284 e. The summed E-state index contributed by atoms with van der Waals surface area (Å²) in [6.45, 7) is 0. The lowest BCUT2D eigenvalue weighted by Gasteiger charge is -2.14. The minimum atomic E-state index is -4.14. The van der Waals surface area contributed by atoms with Crippen LogP contribution in [-0.2, 0) is 14.8 Å². The molecule has 0 radical (unpaired) electrons. The van der Waals surface area contributed by atoms with Crippen LogP contribution in [0.25, 0.3) is 0 Å². The number of allylic oxidation sites excluding steroid dienone is 4. The highest BCUT2D eigenvalue weighted by atomic mass is 79.9. The summed E-state index contributed by atoms with van der Waals surface area (Å²) in [6, 6.07) is 14.2. The van der Waals surface area contributed by atoms with Crippen molar-refractivity contribution in [2.24, 2.45) is 9.39 Å². The molecule has 0 fully saturated rings. The molecule has 0 spiro atoms. The zero-order valence-electron chi connectivity index (χ0n) is 14.6. The number of amidine groups is 1. The van der Waals surface area contributed by atoms with Gasteiger partial charge in [-0.3, -0.25) is 4.79 Å². The Hall–Kier alpha value is -1.48. The first-order valence-corrected chi connectivity index (χ1v) is 11.8. The fourth-order valence-corrected chi connectivity index (χ4v) is 4.44. The summed E-state index contributed by atoms with van der Waals surface area (Å²) in [5, 5.41) is -1.29. The fourth-order valence-electron chi connectivity index (χ4n) is 2.30. The maximum atomic E-state index is 12.8. The Morgan fingerprint density at radius 2 is 1.33 bits per heavy atom. The number of aliphatic imine (C=N–C) groups is 1. The zero-order valence-corrected chi connectivity index (χ0v) is 20.0. The summed E-state index contributed by atoms with van der Waals surface area (Å²) < 4.78 is 30.3. The molecule has 0 heterocycles. The van der Waals surface area contributed by atoms with Crippen LogP contribution in [0.2, 0.25) is 0 Å². The molecular formula is C19H9BrCl4N2O3S. The number of Topliss-reactive ketones (excluding diaryl/α,β-unsaturated/α-hetero) is 1. The predicted octanol–water partition coefficient (Wildman–Crippen LogP) is 5.99. The average molecular weight is 567 g/mol. The summed E-state index contributed by atoms with van der Waals surface area (Å²) in [4.78, 5) is 16.1. The van der Waals surface area contributed by atoms with Gasteiger partial charge in [0, 0.05) is 10.0 Å². The largest absolute Gasteiger partial charge is 0.286 e. The third kappa shape index (κ3) is 4.88. The summed E-state index contributed by atoms with van der Waals surface area (Å²) in [5.41, 5.74) is 0.199. The molecule has 154 valence electrons. The second kappa shape index (κ2) is 9.34. The van der Waals surface area contributed by atoms with Gasteiger partial charge in [-0.15, -0.1) is 4.40 Å². The lowest BCUT2D eigenvalue weighted by Crippen LogP contribution is -2.17. The van der Waals surface area contributed by atoms with Crippen molar-refractivity contribution in [3.05, 3.63) is 84.8 Å². The van der Waals surface area contributed by atoms with Gasteiger partial charge in [0.25, 0.3) is 10.0 Å². The van der Waals surface area contributed by atoms with E-state index in [2.05, 4.69) is 25.3 Å². The molecule has 2 aromatic carbocycles. The van der Waals surface area contributed by atoms with Gasteiger partial charge in [0.1, 0.15) is 15.8 Å². The monoisotopic (exact) mass is 564 g/mol. The van der Waals surface area contributed by atoms with Gasteiger partial charge in [0.15, 0.2) is 5.84 Å². The zero-order chi connectivity index (χ0) is 22.1. The minimum Gasteiger partial charge on any atom is -0.286 e. The standard InChI is InChI=1S/C19H9BrCl4N2O3S/c20-11-6-8-12(9-7-11)30(28,29)26-19(10-4-2-1-3-5-10)25-17-13(21)15(23)18(27)16(24)14(17)22/h1-9H/b26-19-. The molecular weight excluding hydrogens is 558 g/mol. The highest BCUT2D eigenvalue weighted by Crippen LogP contribution is 2.34. The van der Waals surface area contributed by atoms with Crippen LogP contribution in [0.1, 0.15) is 5.56 Å². The van der Waals surface area contributed by atoms with E-state index in [0.29, 0.717) is 10.0 Å². The van der Waals surface area contributed by atoms with Crippen molar-refractivity contribution < 1.29 is 13.2 Å². The SMILES string of the molecule is O=C1C(Cl)=C(Cl)C(=N/C(=N\S(=O)(=O)c2ccc(Br)cc2)c2ccccc2)C(Cl)=C1Cl. The number of halogens is 5. The molecule has 3 rings (SSSR count). The van der Waals surface area contributed by atoms with Crippen LogP contribution in [0.5, 0.6) is 0 Å². The predicted molar refractivity (Wildman–Crippen MR) is 124 cm³/mol. The second-order valence-corrected chi connectivity index (χ2v) is 9.79. The van der Waals surface area contributed by atoms with E-state index in [9.17, 15) is 13.2 Å². The highest BCUT2D eigenvalue weighted by Gasteiger charge is 2.30. The molecule has 0 bridgehead atoms. The van der Waals surface area contributed by atoms with Gasteiger partial charge in [-0.1, -0.05) is 92.7 Å². The number of ketones is 1. The molecule has 0 saturated carbocycles. The molecule has 0 N–H and O–H groups in total. The molecule has 0 unspecified atom stereocenters. The summed E-state index contributed by atoms with van der Waals surface area (Å²) in [7, 11) is -4.14. The van der Waals surface area contributed by atoms with E-state index in [4.69, 9.17) is 46.4 Å². The first kappa shape index (κ1) is 23.2. The van der Waals surface area contributed by atoms with Crippen LogP contribution < -0.4 is 0 Å². The van der Waals surface area contributed by atoms with Crippen molar-refractivity contribution in [1.82, 2.24) is 0 Å². The van der Waals surface area contributed by atoms with E-state index in [0.717, 1.165) is 0 Å². The highest BCUT2D eigenvalue weighted by molar-refractivity contribution is 9.10. The van der Waals surface area contributed by atoms with Gasteiger partial charge in [0.05, 0.1) is 15.0 Å². The van der Waals surface area contributed by atoms with E-state index in [1.54, 1.807) is 42.5 Å². The molecule has 2 aromatic rings. The Kier molecular flexibility index (Phi) is 7.22. The maximum Gasteiger partial charge on any atom is 0.284 e. The van der Waals surface area contributed by atoms with Crippen LogP contribution in [0.4, 0.5) is 0 Å². The van der Waals surface area contributed by atoms with E-state index in [-0.39, 0.29) is 36.6 Å². The number of sulfonamides is 1. The summed E-state index contributed by atoms with van der Waals surface area (Å²) in [5.74, 6) is -0.971. The number of benzene rings is 2. The van der Waals surface area contributed by atoms with Crippen molar-refractivity contribution in [2.45, 2.75) is 4.90 Å². The number of hydrogen-bond donors (Lipinski definition) is 0. The summed E-state index contributed by atoms with van der Waals surface area (Å²) in [6.07, 6.45) is 0.